The molecule has 0 bridgehead atoms. The van der Waals surface area contributed by atoms with Crippen LogP contribution in [0.1, 0.15) is 55.8 Å². The number of hydrogen-bond acceptors (Lipinski definition) is 2. The minimum atomic E-state index is -0.416. The molecular formula is C15H22O2. The van der Waals surface area contributed by atoms with Gasteiger partial charge in [0.25, 0.3) is 0 Å². The summed E-state index contributed by atoms with van der Waals surface area (Å²) in [7, 11) is 1.68. The van der Waals surface area contributed by atoms with Crippen molar-refractivity contribution in [1.82, 2.24) is 0 Å². The van der Waals surface area contributed by atoms with E-state index in [1.165, 1.54) is 24.8 Å². The summed E-state index contributed by atoms with van der Waals surface area (Å²) >= 11 is 0. The van der Waals surface area contributed by atoms with Gasteiger partial charge in [-0.15, -0.1) is 0 Å². The zero-order valence-corrected chi connectivity index (χ0v) is 10.7. The van der Waals surface area contributed by atoms with E-state index in [4.69, 9.17) is 4.74 Å². The van der Waals surface area contributed by atoms with Gasteiger partial charge < -0.3 is 9.84 Å². The molecule has 1 saturated carbocycles. The summed E-state index contributed by atoms with van der Waals surface area (Å²) in [5.74, 6) is 0.763. The molecule has 1 aliphatic rings. The minimum absolute atomic E-state index is 0.0938. The van der Waals surface area contributed by atoms with Crippen LogP contribution in [-0.2, 0) is 4.74 Å². The summed E-state index contributed by atoms with van der Waals surface area (Å²) in [6, 6.07) is 8.45. The van der Waals surface area contributed by atoms with Crippen molar-refractivity contribution in [3.8, 4) is 0 Å². The molecule has 94 valence electrons. The van der Waals surface area contributed by atoms with Gasteiger partial charge in [0.2, 0.25) is 0 Å². The lowest BCUT2D eigenvalue weighted by atomic mass is 9.80. The summed E-state index contributed by atoms with van der Waals surface area (Å²) < 4.78 is 5.17. The van der Waals surface area contributed by atoms with Crippen LogP contribution in [0.3, 0.4) is 0 Å². The van der Waals surface area contributed by atoms with Crippen LogP contribution in [0.2, 0.25) is 0 Å². The van der Waals surface area contributed by atoms with Crippen molar-refractivity contribution in [1.29, 1.82) is 0 Å². The molecule has 0 heterocycles. The summed E-state index contributed by atoms with van der Waals surface area (Å²) in [5.41, 5.74) is 2.42. The van der Waals surface area contributed by atoms with Crippen LogP contribution >= 0.6 is 0 Å². The molecule has 1 aromatic carbocycles. The summed E-state index contributed by atoms with van der Waals surface area (Å²) in [6.07, 6.45) is 4.34. The molecule has 0 radical (unpaired) electrons. The van der Waals surface area contributed by atoms with Crippen LogP contribution in [0.5, 0.6) is 0 Å². The van der Waals surface area contributed by atoms with E-state index in [1.807, 2.05) is 6.92 Å². The summed E-state index contributed by atoms with van der Waals surface area (Å²) in [5, 5.41) is 10.0. The lowest BCUT2D eigenvalue weighted by Crippen LogP contribution is -2.12. The second-order valence-corrected chi connectivity index (χ2v) is 5.09. The molecule has 0 spiro atoms. The number of aliphatic hydroxyl groups is 1. The second-order valence-electron chi connectivity index (χ2n) is 5.09. The predicted octanol–water partition coefficient (Wildman–Crippen LogP) is 3.41. The number of rotatable bonds is 5. The van der Waals surface area contributed by atoms with E-state index in [2.05, 4.69) is 24.3 Å². The Balaban J connectivity index is 1.96. The Morgan fingerprint density at radius 3 is 2.41 bits per heavy atom. The van der Waals surface area contributed by atoms with Crippen LogP contribution < -0.4 is 0 Å². The van der Waals surface area contributed by atoms with Crippen LogP contribution in [0.15, 0.2) is 24.3 Å². The third-order valence-electron chi connectivity index (χ3n) is 3.86. The van der Waals surface area contributed by atoms with Crippen molar-refractivity contribution >= 4 is 0 Å². The summed E-state index contributed by atoms with van der Waals surface area (Å²) in [6.45, 7) is 1.98. The molecule has 1 aliphatic carbocycles. The topological polar surface area (TPSA) is 29.5 Å². The number of hydrogen-bond donors (Lipinski definition) is 1. The Morgan fingerprint density at radius 1 is 1.29 bits per heavy atom. The molecule has 1 fully saturated rings. The van der Waals surface area contributed by atoms with Crippen LogP contribution in [0.4, 0.5) is 0 Å². The van der Waals surface area contributed by atoms with Gasteiger partial charge in [-0.2, -0.15) is 0 Å². The zero-order chi connectivity index (χ0) is 12.3. The van der Waals surface area contributed by atoms with E-state index in [9.17, 15) is 5.11 Å². The highest BCUT2D eigenvalue weighted by Crippen LogP contribution is 2.36. The monoisotopic (exact) mass is 234 g/mol. The van der Waals surface area contributed by atoms with Crippen molar-refractivity contribution in [2.75, 3.05) is 7.11 Å². The van der Waals surface area contributed by atoms with Crippen LogP contribution in [0, 0.1) is 0 Å². The molecule has 2 rings (SSSR count). The quantitative estimate of drug-likeness (QED) is 0.846. The maximum absolute atomic E-state index is 10.0. The van der Waals surface area contributed by atoms with Crippen molar-refractivity contribution in [3.63, 3.8) is 0 Å². The molecular weight excluding hydrogens is 212 g/mol. The molecule has 0 amide bonds. The fourth-order valence-corrected chi connectivity index (χ4v) is 2.28. The Labute approximate surface area is 104 Å². The molecule has 1 N–H and O–H groups in total. The molecule has 2 heteroatoms. The Bertz CT molecular complexity index is 340. The maximum atomic E-state index is 10.0. The third kappa shape index (κ3) is 3.08. The van der Waals surface area contributed by atoms with E-state index < -0.39 is 6.10 Å². The van der Waals surface area contributed by atoms with Crippen LogP contribution in [0.25, 0.3) is 0 Å². The van der Waals surface area contributed by atoms with Crippen LogP contribution in [-0.4, -0.2) is 18.3 Å². The number of ether oxygens (including phenoxy) is 1. The molecule has 0 aromatic heterocycles. The molecule has 2 unspecified atom stereocenters. The summed E-state index contributed by atoms with van der Waals surface area (Å²) in [4.78, 5) is 0. The van der Waals surface area contributed by atoms with Gasteiger partial charge >= 0.3 is 0 Å². The van der Waals surface area contributed by atoms with E-state index in [0.29, 0.717) is 6.42 Å². The van der Waals surface area contributed by atoms with Crippen molar-refractivity contribution < 1.29 is 9.84 Å². The molecule has 2 nitrogen and oxygen atoms in total. The highest BCUT2D eigenvalue weighted by molar-refractivity contribution is 5.27. The van der Waals surface area contributed by atoms with Gasteiger partial charge in [-0.1, -0.05) is 30.7 Å². The first-order valence-electron chi connectivity index (χ1n) is 6.51. The number of methoxy groups -OCH3 is 1. The fourth-order valence-electron chi connectivity index (χ4n) is 2.28. The van der Waals surface area contributed by atoms with E-state index in [0.717, 1.165) is 11.5 Å². The van der Waals surface area contributed by atoms with E-state index >= 15 is 0 Å². The van der Waals surface area contributed by atoms with Gasteiger partial charge in [0.15, 0.2) is 0 Å². The average Bonchev–Trinajstić information content (AvgIpc) is 2.27. The third-order valence-corrected chi connectivity index (χ3v) is 3.86. The first-order valence-corrected chi connectivity index (χ1v) is 6.51. The Morgan fingerprint density at radius 2 is 1.94 bits per heavy atom. The first kappa shape index (κ1) is 12.6. The maximum Gasteiger partial charge on any atom is 0.0814 e. The largest absolute Gasteiger partial charge is 0.388 e. The first-order chi connectivity index (χ1) is 8.20. The molecule has 0 saturated heterocycles. The molecule has 2 atom stereocenters. The zero-order valence-electron chi connectivity index (χ0n) is 10.7. The van der Waals surface area contributed by atoms with Gasteiger partial charge in [-0.3, -0.25) is 0 Å². The molecule has 0 aliphatic heterocycles. The van der Waals surface area contributed by atoms with Crippen molar-refractivity contribution in [3.05, 3.63) is 35.4 Å². The lowest BCUT2D eigenvalue weighted by molar-refractivity contribution is 0.0559. The average molecular weight is 234 g/mol. The highest BCUT2D eigenvalue weighted by Gasteiger charge is 2.19. The fraction of sp³-hybridized carbons (Fsp3) is 0.600. The van der Waals surface area contributed by atoms with Crippen molar-refractivity contribution in [2.45, 2.75) is 50.7 Å². The molecule has 17 heavy (non-hydrogen) atoms. The van der Waals surface area contributed by atoms with Crippen molar-refractivity contribution in [2.24, 2.45) is 0 Å². The number of aliphatic hydroxyl groups excluding tert-OH is 1. The lowest BCUT2D eigenvalue weighted by Gasteiger charge is -2.26. The SMILES string of the molecule is COC(C)CC(O)c1ccc(C2CCC2)cc1. The Kier molecular flexibility index (Phi) is 4.19. The standard InChI is InChI=1S/C15H22O2/c1-11(17-2)10-15(16)14-8-6-13(7-9-14)12-4-3-5-12/h6-9,11-12,15-16H,3-5,10H2,1-2H3. The highest BCUT2D eigenvalue weighted by atomic mass is 16.5. The minimum Gasteiger partial charge on any atom is -0.388 e. The smallest absolute Gasteiger partial charge is 0.0814 e. The van der Waals surface area contributed by atoms with Gasteiger partial charge in [0.05, 0.1) is 12.2 Å². The normalized spacial score (nSPS) is 19.7. The second kappa shape index (κ2) is 5.65. The van der Waals surface area contributed by atoms with Gasteiger partial charge in [0.1, 0.15) is 0 Å². The number of benzene rings is 1. The van der Waals surface area contributed by atoms with Gasteiger partial charge in [0, 0.05) is 13.5 Å². The molecule has 1 aromatic rings. The van der Waals surface area contributed by atoms with E-state index in [1.54, 1.807) is 7.11 Å². The Hall–Kier alpha value is -0.860. The predicted molar refractivity (Wildman–Crippen MR) is 69.1 cm³/mol. The van der Waals surface area contributed by atoms with Gasteiger partial charge in [-0.05, 0) is 36.8 Å². The van der Waals surface area contributed by atoms with Gasteiger partial charge in [-0.25, -0.2) is 0 Å². The van der Waals surface area contributed by atoms with E-state index in [-0.39, 0.29) is 6.10 Å².